The molecule has 2 rings (SSSR count). The van der Waals surface area contributed by atoms with Gasteiger partial charge in [-0.1, -0.05) is 35.5 Å². The topological polar surface area (TPSA) is 59.8 Å². The second-order valence-electron chi connectivity index (χ2n) is 5.54. The third-order valence-corrected chi connectivity index (χ3v) is 4.45. The maximum Gasteiger partial charge on any atom is 0.234 e. The summed E-state index contributed by atoms with van der Waals surface area (Å²) >= 11 is 1.38. The molecule has 2 aromatic rings. The first-order chi connectivity index (χ1) is 10.9. The fourth-order valence-corrected chi connectivity index (χ4v) is 3.28. The van der Waals surface area contributed by atoms with Crippen molar-refractivity contribution in [3.63, 3.8) is 0 Å². The van der Waals surface area contributed by atoms with Crippen molar-refractivity contribution in [2.45, 2.75) is 39.4 Å². The highest BCUT2D eigenvalue weighted by Gasteiger charge is 2.12. The SMILES string of the molecule is C=CCn1c(C)nnc1SCC(=O)Nc1c(C)cc(C)cc1C. The Morgan fingerprint density at radius 2 is 1.91 bits per heavy atom. The van der Waals surface area contributed by atoms with E-state index >= 15 is 0 Å². The van der Waals surface area contributed by atoms with Gasteiger partial charge in [0.2, 0.25) is 5.91 Å². The number of rotatable bonds is 6. The summed E-state index contributed by atoms with van der Waals surface area (Å²) in [5.41, 5.74) is 4.24. The molecule has 1 aromatic heterocycles. The van der Waals surface area contributed by atoms with Crippen LogP contribution < -0.4 is 5.32 Å². The zero-order valence-electron chi connectivity index (χ0n) is 14.0. The summed E-state index contributed by atoms with van der Waals surface area (Å²) < 4.78 is 1.94. The predicted octanol–water partition coefficient (Wildman–Crippen LogP) is 3.43. The predicted molar refractivity (Wildman–Crippen MR) is 95.0 cm³/mol. The highest BCUT2D eigenvalue weighted by molar-refractivity contribution is 7.99. The molecule has 0 saturated heterocycles. The van der Waals surface area contributed by atoms with Crippen molar-refractivity contribution in [3.8, 4) is 0 Å². The lowest BCUT2D eigenvalue weighted by Gasteiger charge is -2.12. The highest BCUT2D eigenvalue weighted by atomic mass is 32.2. The monoisotopic (exact) mass is 330 g/mol. The summed E-state index contributed by atoms with van der Waals surface area (Å²) in [6.45, 7) is 12.3. The second kappa shape index (κ2) is 7.46. The van der Waals surface area contributed by atoms with E-state index in [0.717, 1.165) is 27.8 Å². The summed E-state index contributed by atoms with van der Waals surface area (Å²) in [6, 6.07) is 4.14. The quantitative estimate of drug-likeness (QED) is 0.651. The van der Waals surface area contributed by atoms with Crippen LogP contribution in [0, 0.1) is 27.7 Å². The maximum absolute atomic E-state index is 12.2. The van der Waals surface area contributed by atoms with Gasteiger partial charge in [0.05, 0.1) is 5.75 Å². The number of aromatic nitrogens is 3. The number of aryl methyl sites for hydroxylation is 4. The van der Waals surface area contributed by atoms with E-state index < -0.39 is 0 Å². The molecule has 1 N–H and O–H groups in total. The molecule has 1 heterocycles. The van der Waals surface area contributed by atoms with Crippen LogP contribution >= 0.6 is 11.8 Å². The molecule has 6 heteroatoms. The van der Waals surface area contributed by atoms with Crippen LogP contribution in [0.3, 0.4) is 0 Å². The van der Waals surface area contributed by atoms with Crippen LogP contribution in [0.5, 0.6) is 0 Å². The normalized spacial score (nSPS) is 10.6. The minimum Gasteiger partial charge on any atom is -0.325 e. The van der Waals surface area contributed by atoms with Crippen molar-refractivity contribution >= 4 is 23.4 Å². The molecule has 0 aliphatic rings. The molecule has 0 fully saturated rings. The third kappa shape index (κ3) is 4.22. The Labute approximate surface area is 141 Å². The smallest absolute Gasteiger partial charge is 0.234 e. The maximum atomic E-state index is 12.2. The van der Waals surface area contributed by atoms with Crippen LogP contribution in [0.1, 0.15) is 22.5 Å². The number of amides is 1. The van der Waals surface area contributed by atoms with Gasteiger partial charge in [0.15, 0.2) is 5.16 Å². The number of nitrogens with one attached hydrogen (secondary N) is 1. The van der Waals surface area contributed by atoms with Crippen molar-refractivity contribution in [1.82, 2.24) is 14.8 Å². The van der Waals surface area contributed by atoms with Crippen LogP contribution in [-0.2, 0) is 11.3 Å². The number of hydrogen-bond acceptors (Lipinski definition) is 4. The van der Waals surface area contributed by atoms with E-state index in [9.17, 15) is 4.79 Å². The summed E-state index contributed by atoms with van der Waals surface area (Å²) in [5.74, 6) is 1.07. The Hall–Kier alpha value is -2.08. The van der Waals surface area contributed by atoms with Crippen molar-refractivity contribution in [2.24, 2.45) is 0 Å². The van der Waals surface area contributed by atoms with Crippen molar-refractivity contribution in [3.05, 3.63) is 47.3 Å². The number of carbonyl (C=O) groups excluding carboxylic acids is 1. The Balaban J connectivity index is 2.03. The molecule has 0 aliphatic carbocycles. The molecule has 0 saturated carbocycles. The van der Waals surface area contributed by atoms with Gasteiger partial charge >= 0.3 is 0 Å². The van der Waals surface area contributed by atoms with Gasteiger partial charge in [-0.25, -0.2) is 0 Å². The van der Waals surface area contributed by atoms with Gasteiger partial charge in [0.25, 0.3) is 0 Å². The first-order valence-electron chi connectivity index (χ1n) is 7.43. The van der Waals surface area contributed by atoms with Gasteiger partial charge in [-0.05, 0) is 38.8 Å². The van der Waals surface area contributed by atoms with E-state index in [2.05, 4.69) is 41.1 Å². The van der Waals surface area contributed by atoms with Crippen LogP contribution in [0.2, 0.25) is 0 Å². The van der Waals surface area contributed by atoms with E-state index in [-0.39, 0.29) is 5.91 Å². The second-order valence-corrected chi connectivity index (χ2v) is 6.48. The molecule has 0 aliphatic heterocycles. The molecule has 1 amide bonds. The Bertz CT molecular complexity index is 713. The first-order valence-corrected chi connectivity index (χ1v) is 8.42. The highest BCUT2D eigenvalue weighted by Crippen LogP contribution is 2.23. The Kier molecular flexibility index (Phi) is 5.60. The Morgan fingerprint density at radius 1 is 1.26 bits per heavy atom. The van der Waals surface area contributed by atoms with E-state index in [4.69, 9.17) is 0 Å². The largest absolute Gasteiger partial charge is 0.325 e. The van der Waals surface area contributed by atoms with Gasteiger partial charge in [0.1, 0.15) is 5.82 Å². The molecule has 0 radical (unpaired) electrons. The molecular weight excluding hydrogens is 308 g/mol. The zero-order chi connectivity index (χ0) is 17.0. The lowest BCUT2D eigenvalue weighted by atomic mass is 10.1. The summed E-state index contributed by atoms with van der Waals surface area (Å²) in [6.07, 6.45) is 1.79. The summed E-state index contributed by atoms with van der Waals surface area (Å²) in [4.78, 5) is 12.2. The van der Waals surface area contributed by atoms with E-state index in [1.54, 1.807) is 6.08 Å². The van der Waals surface area contributed by atoms with E-state index in [0.29, 0.717) is 12.3 Å². The molecule has 1 aromatic carbocycles. The lowest BCUT2D eigenvalue weighted by Crippen LogP contribution is -2.16. The zero-order valence-corrected chi connectivity index (χ0v) is 14.8. The molecule has 0 unspecified atom stereocenters. The molecule has 23 heavy (non-hydrogen) atoms. The van der Waals surface area contributed by atoms with Gasteiger partial charge in [-0.15, -0.1) is 16.8 Å². The van der Waals surface area contributed by atoms with E-state index in [1.165, 1.54) is 17.3 Å². The van der Waals surface area contributed by atoms with Gasteiger partial charge in [-0.3, -0.25) is 4.79 Å². The van der Waals surface area contributed by atoms with Crippen LogP contribution in [0.15, 0.2) is 29.9 Å². The van der Waals surface area contributed by atoms with E-state index in [1.807, 2.05) is 25.3 Å². The van der Waals surface area contributed by atoms with Crippen molar-refractivity contribution in [1.29, 1.82) is 0 Å². The number of allylic oxidation sites excluding steroid dienone is 1. The van der Waals surface area contributed by atoms with Crippen LogP contribution in [-0.4, -0.2) is 26.4 Å². The standard InChI is InChI=1S/C17H22N4OS/c1-6-7-21-14(5)19-20-17(21)23-10-15(22)18-16-12(3)8-11(2)9-13(16)4/h6,8-9H,1,7,10H2,2-5H3,(H,18,22). The number of hydrogen-bond donors (Lipinski definition) is 1. The molecular formula is C17H22N4OS. The summed E-state index contributed by atoms with van der Waals surface area (Å²) in [5, 5.41) is 11.9. The number of benzene rings is 1. The average Bonchev–Trinajstić information content (AvgIpc) is 2.82. The van der Waals surface area contributed by atoms with Crippen LogP contribution in [0.4, 0.5) is 5.69 Å². The molecule has 0 spiro atoms. The first kappa shape index (κ1) is 17.3. The fourth-order valence-electron chi connectivity index (χ4n) is 2.49. The molecule has 5 nitrogen and oxygen atoms in total. The molecule has 0 atom stereocenters. The summed E-state index contributed by atoms with van der Waals surface area (Å²) in [7, 11) is 0. The minimum atomic E-state index is -0.0455. The van der Waals surface area contributed by atoms with Gasteiger partial charge in [-0.2, -0.15) is 0 Å². The molecule has 0 bridgehead atoms. The fraction of sp³-hybridized carbons (Fsp3) is 0.353. The van der Waals surface area contributed by atoms with Crippen molar-refractivity contribution < 1.29 is 4.79 Å². The van der Waals surface area contributed by atoms with Crippen molar-refractivity contribution in [2.75, 3.05) is 11.1 Å². The number of nitrogens with zero attached hydrogens (tertiary/aromatic N) is 3. The average molecular weight is 330 g/mol. The van der Waals surface area contributed by atoms with Crippen LogP contribution in [0.25, 0.3) is 0 Å². The number of thioether (sulfide) groups is 1. The van der Waals surface area contributed by atoms with Gasteiger partial charge in [0, 0.05) is 12.2 Å². The number of anilines is 1. The lowest BCUT2D eigenvalue weighted by molar-refractivity contribution is -0.113. The third-order valence-electron chi connectivity index (χ3n) is 3.49. The minimum absolute atomic E-state index is 0.0455. The number of carbonyl (C=O) groups is 1. The Morgan fingerprint density at radius 3 is 2.52 bits per heavy atom. The van der Waals surface area contributed by atoms with Gasteiger partial charge < -0.3 is 9.88 Å². The molecule has 122 valence electrons.